The van der Waals surface area contributed by atoms with E-state index in [1.165, 1.54) is 0 Å². The van der Waals surface area contributed by atoms with Gasteiger partial charge in [0.05, 0.1) is 6.54 Å². The van der Waals surface area contributed by atoms with Crippen molar-refractivity contribution in [2.24, 2.45) is 0 Å². The molecule has 1 aromatic heterocycles. The van der Waals surface area contributed by atoms with E-state index in [0.29, 0.717) is 16.2 Å². The molecule has 6 heteroatoms. The lowest BCUT2D eigenvalue weighted by Gasteiger charge is -2.09. The topological polar surface area (TPSA) is 62.7 Å². The molecule has 0 spiro atoms. The summed E-state index contributed by atoms with van der Waals surface area (Å²) in [6.45, 7) is 4.30. The number of para-hydroxylation sites is 1. The van der Waals surface area contributed by atoms with Crippen molar-refractivity contribution >= 4 is 18.1 Å². The van der Waals surface area contributed by atoms with Crippen LogP contribution >= 0.6 is 12.2 Å². The van der Waals surface area contributed by atoms with Crippen molar-refractivity contribution in [1.82, 2.24) is 20.1 Å². The highest BCUT2D eigenvalue weighted by Gasteiger charge is 2.11. The number of carbonyl (C=O) groups excluding carboxylic acids is 1. The molecule has 3 aromatic rings. The Kier molecular flexibility index (Phi) is 4.57. The number of aromatic nitrogens is 3. The van der Waals surface area contributed by atoms with Crippen molar-refractivity contribution in [3.63, 3.8) is 0 Å². The normalized spacial score (nSPS) is 10.6. The Bertz CT molecular complexity index is 928. The van der Waals surface area contributed by atoms with Gasteiger partial charge in [0.25, 0.3) is 5.91 Å². The maximum atomic E-state index is 12.4. The Morgan fingerprint density at radius 2 is 1.92 bits per heavy atom. The molecule has 0 fully saturated rings. The third-order valence-electron chi connectivity index (χ3n) is 3.93. The molecule has 0 aliphatic rings. The molecule has 0 aliphatic carbocycles. The standard InChI is InChI=1S/C18H18N4OS/c1-12-8-9-14(10-13(12)2)17(23)19-11-16-20-21-18(24)22(16)15-6-4-3-5-7-15/h3-10H,11H2,1-2H3,(H,19,23)(H,21,24). The average molecular weight is 338 g/mol. The maximum Gasteiger partial charge on any atom is 0.251 e. The molecule has 122 valence electrons. The number of nitrogens with one attached hydrogen (secondary N) is 2. The fourth-order valence-corrected chi connectivity index (χ4v) is 2.69. The van der Waals surface area contributed by atoms with Gasteiger partial charge in [-0.3, -0.25) is 14.5 Å². The summed E-state index contributed by atoms with van der Waals surface area (Å²) in [5, 5.41) is 9.90. The highest BCUT2D eigenvalue weighted by atomic mass is 32.1. The maximum absolute atomic E-state index is 12.4. The van der Waals surface area contributed by atoms with E-state index in [9.17, 15) is 4.79 Å². The smallest absolute Gasteiger partial charge is 0.251 e. The van der Waals surface area contributed by atoms with E-state index in [2.05, 4.69) is 15.5 Å². The summed E-state index contributed by atoms with van der Waals surface area (Å²) >= 11 is 5.29. The zero-order valence-electron chi connectivity index (χ0n) is 13.5. The van der Waals surface area contributed by atoms with Crippen LogP contribution in [0.15, 0.2) is 48.5 Å². The van der Waals surface area contributed by atoms with Crippen LogP contribution in [-0.4, -0.2) is 20.7 Å². The Hall–Kier alpha value is -2.73. The van der Waals surface area contributed by atoms with Gasteiger partial charge in [0.2, 0.25) is 0 Å². The highest BCUT2D eigenvalue weighted by Crippen LogP contribution is 2.12. The van der Waals surface area contributed by atoms with Gasteiger partial charge in [0.15, 0.2) is 10.6 Å². The molecule has 1 heterocycles. The first-order chi connectivity index (χ1) is 11.6. The molecule has 24 heavy (non-hydrogen) atoms. The summed E-state index contributed by atoms with van der Waals surface area (Å²) in [5.74, 6) is 0.523. The van der Waals surface area contributed by atoms with E-state index < -0.39 is 0 Å². The fourth-order valence-electron chi connectivity index (χ4n) is 2.44. The number of amides is 1. The second-order valence-corrected chi connectivity index (χ2v) is 5.98. The zero-order chi connectivity index (χ0) is 17.1. The van der Waals surface area contributed by atoms with Crippen molar-refractivity contribution in [3.05, 3.63) is 75.8 Å². The van der Waals surface area contributed by atoms with Gasteiger partial charge in [0, 0.05) is 11.3 Å². The van der Waals surface area contributed by atoms with Crippen LogP contribution in [0.1, 0.15) is 27.3 Å². The third-order valence-corrected chi connectivity index (χ3v) is 4.21. The van der Waals surface area contributed by atoms with Crippen LogP contribution in [0.2, 0.25) is 0 Å². The van der Waals surface area contributed by atoms with Gasteiger partial charge in [-0.15, -0.1) is 0 Å². The van der Waals surface area contributed by atoms with E-state index in [0.717, 1.165) is 16.8 Å². The monoisotopic (exact) mass is 338 g/mol. The predicted molar refractivity (Wildman–Crippen MR) is 95.8 cm³/mol. The SMILES string of the molecule is Cc1ccc(C(=O)NCc2n[nH]c(=S)n2-c2ccccc2)cc1C. The molecule has 0 saturated heterocycles. The second kappa shape index (κ2) is 6.80. The van der Waals surface area contributed by atoms with Crippen LogP contribution in [0.25, 0.3) is 5.69 Å². The zero-order valence-corrected chi connectivity index (χ0v) is 14.4. The molecule has 0 radical (unpaired) electrons. The van der Waals surface area contributed by atoms with Gasteiger partial charge < -0.3 is 5.32 Å². The van der Waals surface area contributed by atoms with Crippen molar-refractivity contribution in [2.75, 3.05) is 0 Å². The lowest BCUT2D eigenvalue weighted by Crippen LogP contribution is -2.24. The Balaban J connectivity index is 1.79. The number of H-pyrrole nitrogens is 1. The Morgan fingerprint density at radius 3 is 2.62 bits per heavy atom. The highest BCUT2D eigenvalue weighted by molar-refractivity contribution is 7.71. The van der Waals surface area contributed by atoms with Gasteiger partial charge in [-0.25, -0.2) is 0 Å². The van der Waals surface area contributed by atoms with E-state index in [4.69, 9.17) is 12.2 Å². The van der Waals surface area contributed by atoms with Gasteiger partial charge in [-0.2, -0.15) is 5.10 Å². The first-order valence-electron chi connectivity index (χ1n) is 7.63. The third kappa shape index (κ3) is 3.28. The quantitative estimate of drug-likeness (QED) is 0.716. The minimum Gasteiger partial charge on any atom is -0.345 e. The van der Waals surface area contributed by atoms with Crippen LogP contribution in [0, 0.1) is 18.6 Å². The first-order valence-corrected chi connectivity index (χ1v) is 8.04. The number of aryl methyl sites for hydroxylation is 2. The molecular formula is C18H18N4OS. The van der Waals surface area contributed by atoms with Crippen LogP contribution in [0.4, 0.5) is 0 Å². The second-order valence-electron chi connectivity index (χ2n) is 5.60. The Morgan fingerprint density at radius 1 is 1.17 bits per heavy atom. The molecular weight excluding hydrogens is 320 g/mol. The molecule has 3 rings (SSSR count). The summed E-state index contributed by atoms with van der Waals surface area (Å²) in [6, 6.07) is 15.4. The molecule has 2 aromatic carbocycles. The number of hydrogen-bond acceptors (Lipinski definition) is 3. The lowest BCUT2D eigenvalue weighted by molar-refractivity contribution is 0.0949. The summed E-state index contributed by atoms with van der Waals surface area (Å²) in [4.78, 5) is 12.4. The molecule has 0 unspecified atom stereocenters. The molecule has 2 N–H and O–H groups in total. The number of aromatic amines is 1. The Labute approximate surface area is 145 Å². The minimum absolute atomic E-state index is 0.133. The van der Waals surface area contributed by atoms with Gasteiger partial charge in [-0.1, -0.05) is 24.3 Å². The lowest BCUT2D eigenvalue weighted by atomic mass is 10.1. The van der Waals surface area contributed by atoms with E-state index in [1.807, 2.05) is 66.9 Å². The molecule has 5 nitrogen and oxygen atoms in total. The van der Waals surface area contributed by atoms with Crippen LogP contribution in [-0.2, 0) is 6.54 Å². The summed E-state index contributed by atoms with van der Waals surface area (Å²) < 4.78 is 2.31. The molecule has 0 saturated carbocycles. The van der Waals surface area contributed by atoms with Gasteiger partial charge in [-0.05, 0) is 61.5 Å². The average Bonchev–Trinajstić information content (AvgIpc) is 2.96. The largest absolute Gasteiger partial charge is 0.345 e. The van der Waals surface area contributed by atoms with E-state index in [-0.39, 0.29) is 12.5 Å². The summed E-state index contributed by atoms with van der Waals surface area (Å²) in [7, 11) is 0. The van der Waals surface area contributed by atoms with Crippen molar-refractivity contribution in [2.45, 2.75) is 20.4 Å². The van der Waals surface area contributed by atoms with E-state index in [1.54, 1.807) is 0 Å². The van der Waals surface area contributed by atoms with Gasteiger partial charge in [0.1, 0.15) is 0 Å². The number of rotatable bonds is 4. The van der Waals surface area contributed by atoms with Crippen molar-refractivity contribution in [1.29, 1.82) is 0 Å². The number of nitrogens with zero attached hydrogens (tertiary/aromatic N) is 2. The summed E-state index contributed by atoms with van der Waals surface area (Å²) in [5.41, 5.74) is 3.80. The molecule has 0 atom stereocenters. The van der Waals surface area contributed by atoms with Crippen LogP contribution in [0.5, 0.6) is 0 Å². The van der Waals surface area contributed by atoms with Crippen molar-refractivity contribution in [3.8, 4) is 5.69 Å². The number of benzene rings is 2. The molecule has 0 aliphatic heterocycles. The van der Waals surface area contributed by atoms with Crippen molar-refractivity contribution < 1.29 is 4.79 Å². The van der Waals surface area contributed by atoms with Crippen LogP contribution in [0.3, 0.4) is 0 Å². The van der Waals surface area contributed by atoms with Crippen LogP contribution < -0.4 is 5.32 Å². The fraction of sp³-hybridized carbons (Fsp3) is 0.167. The van der Waals surface area contributed by atoms with Gasteiger partial charge >= 0.3 is 0 Å². The predicted octanol–water partition coefficient (Wildman–Crippen LogP) is 3.48. The van der Waals surface area contributed by atoms with E-state index >= 15 is 0 Å². The number of carbonyl (C=O) groups is 1. The minimum atomic E-state index is -0.133. The number of hydrogen-bond donors (Lipinski definition) is 2. The first kappa shape index (κ1) is 16.1. The molecule has 0 bridgehead atoms. The summed E-state index contributed by atoms with van der Waals surface area (Å²) in [6.07, 6.45) is 0. The molecule has 1 amide bonds.